The Kier molecular flexibility index (Phi) is 5.64. The second-order valence-corrected chi connectivity index (χ2v) is 5.68. The summed E-state index contributed by atoms with van der Waals surface area (Å²) in [5.74, 6) is -0.0298. The van der Waals surface area contributed by atoms with Crippen LogP contribution in [0.3, 0.4) is 0 Å². The lowest BCUT2D eigenvalue weighted by Crippen LogP contribution is -2.32. The van der Waals surface area contributed by atoms with Gasteiger partial charge in [-0.1, -0.05) is 23.3 Å². The maximum Gasteiger partial charge on any atom is 0.312 e. The highest BCUT2D eigenvalue weighted by Gasteiger charge is 2.36. The van der Waals surface area contributed by atoms with Crippen molar-refractivity contribution in [3.05, 3.63) is 23.3 Å². The Balaban J connectivity index is 2.56. The van der Waals surface area contributed by atoms with Crippen molar-refractivity contribution in [2.24, 2.45) is 5.41 Å². The van der Waals surface area contributed by atoms with Gasteiger partial charge in [-0.3, -0.25) is 4.79 Å². The molecular formula is C16H26O2. The summed E-state index contributed by atoms with van der Waals surface area (Å²) in [6, 6.07) is 0. The highest BCUT2D eigenvalue weighted by molar-refractivity contribution is 5.77. The second-order valence-electron chi connectivity index (χ2n) is 5.68. The third kappa shape index (κ3) is 4.32. The van der Waals surface area contributed by atoms with Gasteiger partial charge in [0.15, 0.2) is 0 Å². The quantitative estimate of drug-likeness (QED) is 0.533. The molecule has 0 spiro atoms. The zero-order chi connectivity index (χ0) is 13.6. The minimum atomic E-state index is -0.301. The molecule has 0 fully saturated rings. The minimum absolute atomic E-state index is 0.0298. The Morgan fingerprint density at radius 2 is 2.22 bits per heavy atom. The number of ether oxygens (including phenoxy) is 1. The molecule has 0 bridgehead atoms. The van der Waals surface area contributed by atoms with Crippen LogP contribution < -0.4 is 0 Å². The molecule has 0 aromatic rings. The zero-order valence-electron chi connectivity index (χ0n) is 12.2. The van der Waals surface area contributed by atoms with Gasteiger partial charge < -0.3 is 4.74 Å². The van der Waals surface area contributed by atoms with Crippen LogP contribution >= 0.6 is 0 Å². The van der Waals surface area contributed by atoms with Crippen LogP contribution in [0.15, 0.2) is 23.3 Å². The monoisotopic (exact) mass is 250 g/mol. The van der Waals surface area contributed by atoms with Gasteiger partial charge in [-0.25, -0.2) is 0 Å². The molecule has 0 saturated carbocycles. The molecule has 0 heterocycles. The van der Waals surface area contributed by atoms with Crippen LogP contribution in [-0.2, 0) is 9.53 Å². The van der Waals surface area contributed by atoms with Gasteiger partial charge in [0.05, 0.1) is 12.0 Å². The van der Waals surface area contributed by atoms with E-state index in [4.69, 9.17) is 4.74 Å². The number of esters is 1. The Morgan fingerprint density at radius 1 is 1.50 bits per heavy atom. The molecule has 0 radical (unpaired) electrons. The standard InChI is InChI=1S/C16H26O2/c1-5-18-15(17)16(4)11-7-10-14(12-16)9-6-8-13(2)3/h8,10H,5-7,9,11-12H2,1-4H3. The molecule has 1 atom stereocenters. The SMILES string of the molecule is CCOC(=O)C1(C)CCC=C(CCC=C(C)C)C1. The van der Waals surface area contributed by atoms with Crippen LogP contribution in [0.5, 0.6) is 0 Å². The largest absolute Gasteiger partial charge is 0.466 e. The zero-order valence-corrected chi connectivity index (χ0v) is 12.2. The average molecular weight is 250 g/mol. The first-order valence-electron chi connectivity index (χ1n) is 6.96. The van der Waals surface area contributed by atoms with Gasteiger partial charge in [0.25, 0.3) is 0 Å². The summed E-state index contributed by atoms with van der Waals surface area (Å²) in [5.41, 5.74) is 2.47. The van der Waals surface area contributed by atoms with Gasteiger partial charge in [-0.15, -0.1) is 0 Å². The van der Waals surface area contributed by atoms with Crippen molar-refractivity contribution in [3.63, 3.8) is 0 Å². The van der Waals surface area contributed by atoms with Crippen LogP contribution in [0.2, 0.25) is 0 Å². The van der Waals surface area contributed by atoms with Crippen molar-refractivity contribution in [1.82, 2.24) is 0 Å². The predicted molar refractivity (Wildman–Crippen MR) is 75.3 cm³/mol. The van der Waals surface area contributed by atoms with E-state index in [9.17, 15) is 4.79 Å². The van der Waals surface area contributed by atoms with Gasteiger partial charge >= 0.3 is 5.97 Å². The lowest BCUT2D eigenvalue weighted by molar-refractivity contribution is -0.155. The molecule has 0 saturated heterocycles. The van der Waals surface area contributed by atoms with E-state index in [0.29, 0.717) is 6.61 Å². The van der Waals surface area contributed by atoms with Gasteiger partial charge in [0.1, 0.15) is 0 Å². The van der Waals surface area contributed by atoms with Crippen molar-refractivity contribution in [2.45, 2.75) is 59.8 Å². The van der Waals surface area contributed by atoms with E-state index < -0.39 is 0 Å². The lowest BCUT2D eigenvalue weighted by atomic mass is 9.74. The molecule has 2 heteroatoms. The molecule has 1 rings (SSSR count). The Labute approximate surface area is 111 Å². The topological polar surface area (TPSA) is 26.3 Å². The summed E-state index contributed by atoms with van der Waals surface area (Å²) >= 11 is 0. The van der Waals surface area contributed by atoms with Gasteiger partial charge in [0.2, 0.25) is 0 Å². The molecular weight excluding hydrogens is 224 g/mol. The summed E-state index contributed by atoms with van der Waals surface area (Å²) in [6.07, 6.45) is 9.49. The fraction of sp³-hybridized carbons (Fsp3) is 0.688. The summed E-state index contributed by atoms with van der Waals surface area (Å²) in [6.45, 7) is 8.63. The summed E-state index contributed by atoms with van der Waals surface area (Å²) in [5, 5.41) is 0. The molecule has 0 aromatic heterocycles. The molecule has 1 aliphatic carbocycles. The fourth-order valence-electron chi connectivity index (χ4n) is 2.47. The van der Waals surface area contributed by atoms with E-state index in [1.807, 2.05) is 13.8 Å². The number of hydrogen-bond acceptors (Lipinski definition) is 2. The highest BCUT2D eigenvalue weighted by atomic mass is 16.5. The van der Waals surface area contributed by atoms with Crippen molar-refractivity contribution in [2.75, 3.05) is 6.61 Å². The van der Waals surface area contributed by atoms with E-state index in [1.54, 1.807) is 0 Å². The van der Waals surface area contributed by atoms with E-state index in [2.05, 4.69) is 26.0 Å². The van der Waals surface area contributed by atoms with Crippen LogP contribution in [0.4, 0.5) is 0 Å². The number of carbonyl (C=O) groups excluding carboxylic acids is 1. The Bertz CT molecular complexity index is 348. The summed E-state index contributed by atoms with van der Waals surface area (Å²) in [4.78, 5) is 12.0. The van der Waals surface area contributed by atoms with E-state index >= 15 is 0 Å². The van der Waals surface area contributed by atoms with Crippen LogP contribution in [0, 0.1) is 5.41 Å². The maximum absolute atomic E-state index is 12.0. The first-order valence-corrected chi connectivity index (χ1v) is 6.96. The molecule has 0 aromatic carbocycles. The molecule has 0 N–H and O–H groups in total. The third-order valence-electron chi connectivity index (χ3n) is 3.53. The fourth-order valence-corrected chi connectivity index (χ4v) is 2.47. The molecule has 1 unspecified atom stereocenters. The normalized spacial score (nSPS) is 23.2. The lowest BCUT2D eigenvalue weighted by Gasteiger charge is -2.31. The van der Waals surface area contributed by atoms with Crippen LogP contribution in [0.1, 0.15) is 59.8 Å². The number of hydrogen-bond donors (Lipinski definition) is 0. The first-order chi connectivity index (χ1) is 8.48. The van der Waals surface area contributed by atoms with Crippen molar-refractivity contribution >= 4 is 5.97 Å². The number of allylic oxidation sites excluding steroid dienone is 4. The van der Waals surface area contributed by atoms with Gasteiger partial charge in [0, 0.05) is 0 Å². The Morgan fingerprint density at radius 3 is 2.83 bits per heavy atom. The van der Waals surface area contributed by atoms with E-state index in [-0.39, 0.29) is 11.4 Å². The molecule has 0 amide bonds. The van der Waals surface area contributed by atoms with Crippen molar-refractivity contribution in [3.8, 4) is 0 Å². The smallest absolute Gasteiger partial charge is 0.312 e. The maximum atomic E-state index is 12.0. The van der Waals surface area contributed by atoms with Crippen LogP contribution in [0.25, 0.3) is 0 Å². The van der Waals surface area contributed by atoms with E-state index in [1.165, 1.54) is 11.1 Å². The molecule has 18 heavy (non-hydrogen) atoms. The third-order valence-corrected chi connectivity index (χ3v) is 3.53. The predicted octanol–water partition coefficient (Wildman–Crippen LogP) is 4.41. The molecule has 0 aliphatic heterocycles. The highest BCUT2D eigenvalue weighted by Crippen LogP contribution is 2.38. The summed E-state index contributed by atoms with van der Waals surface area (Å²) < 4.78 is 5.20. The van der Waals surface area contributed by atoms with Crippen molar-refractivity contribution in [1.29, 1.82) is 0 Å². The minimum Gasteiger partial charge on any atom is -0.466 e. The molecule has 102 valence electrons. The van der Waals surface area contributed by atoms with Gasteiger partial charge in [-0.05, 0) is 59.8 Å². The van der Waals surface area contributed by atoms with Crippen molar-refractivity contribution < 1.29 is 9.53 Å². The number of rotatable bonds is 5. The molecule has 1 aliphatic rings. The number of carbonyl (C=O) groups is 1. The molecule has 2 nitrogen and oxygen atoms in total. The summed E-state index contributed by atoms with van der Waals surface area (Å²) in [7, 11) is 0. The van der Waals surface area contributed by atoms with Crippen LogP contribution in [-0.4, -0.2) is 12.6 Å². The Hall–Kier alpha value is -1.05. The average Bonchev–Trinajstić information content (AvgIpc) is 2.29. The second kappa shape index (κ2) is 6.77. The van der Waals surface area contributed by atoms with Gasteiger partial charge in [-0.2, -0.15) is 0 Å². The van der Waals surface area contributed by atoms with E-state index in [0.717, 1.165) is 32.1 Å². The first kappa shape index (κ1) is 15.0.